The molecule has 0 saturated heterocycles. The van der Waals surface area contributed by atoms with Crippen molar-refractivity contribution < 1.29 is 4.79 Å². The monoisotopic (exact) mass is 156 g/mol. The molecule has 0 heterocycles. The summed E-state index contributed by atoms with van der Waals surface area (Å²) in [5, 5.41) is 0. The van der Waals surface area contributed by atoms with Gasteiger partial charge in [0, 0.05) is 18.9 Å². The van der Waals surface area contributed by atoms with Crippen LogP contribution < -0.4 is 11.3 Å². The minimum Gasteiger partial charge on any atom is -0.299 e. The van der Waals surface area contributed by atoms with Gasteiger partial charge in [-0.1, -0.05) is 6.42 Å². The molecule has 0 aliphatic heterocycles. The summed E-state index contributed by atoms with van der Waals surface area (Å²) in [5.74, 6) is 5.91. The number of Topliss-reactive ketones (excluding diaryl/α,β-unsaturated/α-hetero) is 1. The van der Waals surface area contributed by atoms with Crippen molar-refractivity contribution in [2.75, 3.05) is 6.54 Å². The van der Waals surface area contributed by atoms with Gasteiger partial charge in [0.15, 0.2) is 0 Å². The maximum atomic E-state index is 11.2. The van der Waals surface area contributed by atoms with E-state index < -0.39 is 0 Å². The molecule has 0 aromatic carbocycles. The van der Waals surface area contributed by atoms with E-state index in [1.54, 1.807) is 0 Å². The van der Waals surface area contributed by atoms with Gasteiger partial charge < -0.3 is 0 Å². The van der Waals surface area contributed by atoms with E-state index in [2.05, 4.69) is 5.43 Å². The highest BCUT2D eigenvalue weighted by Crippen LogP contribution is 2.28. The van der Waals surface area contributed by atoms with Crippen LogP contribution in [0.3, 0.4) is 0 Å². The fourth-order valence-corrected chi connectivity index (χ4v) is 1.30. The second kappa shape index (κ2) is 4.46. The number of hydrogen-bond acceptors (Lipinski definition) is 3. The Balaban J connectivity index is 2.01. The summed E-state index contributed by atoms with van der Waals surface area (Å²) >= 11 is 0. The third kappa shape index (κ3) is 2.60. The van der Waals surface area contributed by atoms with Crippen molar-refractivity contribution in [1.29, 1.82) is 0 Å². The summed E-state index contributed by atoms with van der Waals surface area (Å²) in [6, 6.07) is 0. The zero-order valence-electron chi connectivity index (χ0n) is 6.81. The van der Waals surface area contributed by atoms with E-state index in [0.29, 0.717) is 18.1 Å². The van der Waals surface area contributed by atoms with E-state index in [9.17, 15) is 4.79 Å². The summed E-state index contributed by atoms with van der Waals surface area (Å²) < 4.78 is 0. The first-order chi connectivity index (χ1) is 5.34. The molecule has 0 bridgehead atoms. The zero-order valence-corrected chi connectivity index (χ0v) is 6.81. The molecule has 0 amide bonds. The molecule has 3 heteroatoms. The number of nitrogens with two attached hydrogens (primary N) is 1. The molecule has 11 heavy (non-hydrogen) atoms. The summed E-state index contributed by atoms with van der Waals surface area (Å²) in [5.41, 5.74) is 2.55. The third-order valence-electron chi connectivity index (χ3n) is 2.30. The van der Waals surface area contributed by atoms with Gasteiger partial charge in [-0.15, -0.1) is 0 Å². The second-order valence-electron chi connectivity index (χ2n) is 3.15. The summed E-state index contributed by atoms with van der Waals surface area (Å²) in [6.45, 7) is 0.748. The Morgan fingerprint density at radius 3 is 2.73 bits per heavy atom. The smallest absolute Gasteiger partial charge is 0.136 e. The first-order valence-electron chi connectivity index (χ1n) is 4.31. The predicted molar refractivity (Wildman–Crippen MR) is 43.8 cm³/mol. The van der Waals surface area contributed by atoms with Crippen molar-refractivity contribution in [3.8, 4) is 0 Å². The fourth-order valence-electron chi connectivity index (χ4n) is 1.30. The largest absolute Gasteiger partial charge is 0.299 e. The average Bonchev–Trinajstić information content (AvgIpc) is 1.84. The molecule has 3 nitrogen and oxygen atoms in total. The lowest BCUT2D eigenvalue weighted by Crippen LogP contribution is -2.26. The van der Waals surface area contributed by atoms with Crippen LogP contribution in [0.2, 0.25) is 0 Å². The Hall–Kier alpha value is -0.410. The molecular weight excluding hydrogens is 140 g/mol. The standard InChI is InChI=1S/C8H16N2O/c9-10-6-2-5-8(11)7-3-1-4-7/h7,10H,1-6,9H2. The van der Waals surface area contributed by atoms with Crippen LogP contribution in [0.4, 0.5) is 0 Å². The van der Waals surface area contributed by atoms with E-state index in [1.807, 2.05) is 0 Å². The first kappa shape index (κ1) is 8.68. The molecule has 64 valence electrons. The van der Waals surface area contributed by atoms with Gasteiger partial charge in [-0.2, -0.15) is 0 Å². The molecule has 0 aromatic rings. The van der Waals surface area contributed by atoms with Gasteiger partial charge in [0.1, 0.15) is 5.78 Å². The zero-order chi connectivity index (χ0) is 8.10. The molecule has 0 spiro atoms. The molecule has 0 atom stereocenters. The van der Waals surface area contributed by atoms with Crippen molar-refractivity contribution in [2.24, 2.45) is 11.8 Å². The normalized spacial score (nSPS) is 17.9. The van der Waals surface area contributed by atoms with Crippen molar-refractivity contribution in [3.63, 3.8) is 0 Å². The van der Waals surface area contributed by atoms with E-state index in [1.165, 1.54) is 6.42 Å². The van der Waals surface area contributed by atoms with Crippen LogP contribution >= 0.6 is 0 Å². The highest BCUT2D eigenvalue weighted by Gasteiger charge is 2.23. The number of carbonyl (C=O) groups excluding carboxylic acids is 1. The number of carbonyl (C=O) groups is 1. The molecule has 1 aliphatic rings. The van der Waals surface area contributed by atoms with E-state index in [-0.39, 0.29) is 0 Å². The average molecular weight is 156 g/mol. The Labute approximate surface area is 67.3 Å². The Kier molecular flexibility index (Phi) is 3.52. The predicted octanol–water partition coefficient (Wildman–Crippen LogP) is 0.599. The fraction of sp³-hybridized carbons (Fsp3) is 0.875. The second-order valence-corrected chi connectivity index (χ2v) is 3.15. The van der Waals surface area contributed by atoms with Crippen molar-refractivity contribution in [1.82, 2.24) is 5.43 Å². The number of nitrogens with one attached hydrogen (secondary N) is 1. The van der Waals surface area contributed by atoms with Gasteiger partial charge in [-0.05, 0) is 19.3 Å². The first-order valence-corrected chi connectivity index (χ1v) is 4.31. The number of rotatable bonds is 5. The van der Waals surface area contributed by atoms with Crippen LogP contribution in [0.1, 0.15) is 32.1 Å². The van der Waals surface area contributed by atoms with Crippen LogP contribution in [0, 0.1) is 5.92 Å². The van der Waals surface area contributed by atoms with Gasteiger partial charge in [0.25, 0.3) is 0 Å². The molecular formula is C8H16N2O. The third-order valence-corrected chi connectivity index (χ3v) is 2.30. The Morgan fingerprint density at radius 1 is 1.55 bits per heavy atom. The highest BCUT2D eigenvalue weighted by molar-refractivity contribution is 5.81. The topological polar surface area (TPSA) is 55.1 Å². The summed E-state index contributed by atoms with van der Waals surface area (Å²) in [7, 11) is 0. The number of hydrogen-bond donors (Lipinski definition) is 2. The SMILES string of the molecule is NNCCCC(=O)C1CCC1. The van der Waals surface area contributed by atoms with Gasteiger partial charge in [0.05, 0.1) is 0 Å². The van der Waals surface area contributed by atoms with Crippen molar-refractivity contribution in [3.05, 3.63) is 0 Å². The minimum atomic E-state index is 0.396. The molecule has 1 aliphatic carbocycles. The van der Waals surface area contributed by atoms with Crippen molar-refractivity contribution in [2.45, 2.75) is 32.1 Å². The molecule has 1 fully saturated rings. The molecule has 1 rings (SSSR count). The molecule has 1 saturated carbocycles. The van der Waals surface area contributed by atoms with Gasteiger partial charge in [-0.3, -0.25) is 16.1 Å². The van der Waals surface area contributed by atoms with Crippen LogP contribution in [-0.4, -0.2) is 12.3 Å². The minimum absolute atomic E-state index is 0.396. The molecule has 0 unspecified atom stereocenters. The van der Waals surface area contributed by atoms with E-state index >= 15 is 0 Å². The lowest BCUT2D eigenvalue weighted by atomic mass is 9.81. The maximum Gasteiger partial charge on any atom is 0.136 e. The van der Waals surface area contributed by atoms with Crippen molar-refractivity contribution >= 4 is 5.78 Å². The Morgan fingerprint density at radius 2 is 2.27 bits per heavy atom. The summed E-state index contributed by atoms with van der Waals surface area (Å²) in [6.07, 6.45) is 5.07. The van der Waals surface area contributed by atoms with Gasteiger partial charge in [0.2, 0.25) is 0 Å². The van der Waals surface area contributed by atoms with Gasteiger partial charge in [-0.25, -0.2) is 0 Å². The van der Waals surface area contributed by atoms with E-state index in [4.69, 9.17) is 5.84 Å². The Bertz CT molecular complexity index is 132. The summed E-state index contributed by atoms with van der Waals surface area (Å²) in [4.78, 5) is 11.2. The van der Waals surface area contributed by atoms with Crippen LogP contribution in [0.15, 0.2) is 0 Å². The lowest BCUT2D eigenvalue weighted by molar-refractivity contribution is -0.125. The molecule has 0 radical (unpaired) electrons. The van der Waals surface area contributed by atoms with Crippen LogP contribution in [0.5, 0.6) is 0 Å². The van der Waals surface area contributed by atoms with Crippen LogP contribution in [-0.2, 0) is 4.79 Å². The van der Waals surface area contributed by atoms with Crippen LogP contribution in [0.25, 0.3) is 0 Å². The number of hydrazine groups is 1. The van der Waals surface area contributed by atoms with Gasteiger partial charge >= 0.3 is 0 Å². The number of ketones is 1. The quantitative estimate of drug-likeness (QED) is 0.348. The molecule has 0 aromatic heterocycles. The van der Waals surface area contributed by atoms with E-state index in [0.717, 1.165) is 25.8 Å². The molecule has 3 N–H and O–H groups in total. The highest BCUT2D eigenvalue weighted by atomic mass is 16.1. The maximum absolute atomic E-state index is 11.2. The lowest BCUT2D eigenvalue weighted by Gasteiger charge is -2.23.